The first-order valence-corrected chi connectivity index (χ1v) is 8.12. The molecule has 0 atom stereocenters. The van der Waals surface area contributed by atoms with Crippen LogP contribution in [0.5, 0.6) is 0 Å². The monoisotopic (exact) mass is 295 g/mol. The quantitative estimate of drug-likeness (QED) is 0.425. The van der Waals surface area contributed by atoms with Gasteiger partial charge in [0.15, 0.2) is 0 Å². The van der Waals surface area contributed by atoms with Gasteiger partial charge in [0.2, 0.25) is 0 Å². The zero-order chi connectivity index (χ0) is 16.1. The molecule has 0 saturated carbocycles. The van der Waals surface area contributed by atoms with Gasteiger partial charge in [-0.25, -0.2) is 4.79 Å². The highest BCUT2D eigenvalue weighted by atomic mass is 16.6. The Hall–Kier alpha value is -1.25. The first kappa shape index (κ1) is 19.8. The fourth-order valence-electron chi connectivity index (χ4n) is 1.75. The molecule has 0 unspecified atom stereocenters. The van der Waals surface area contributed by atoms with Crippen LogP contribution in [0.25, 0.3) is 0 Å². The minimum Gasteiger partial charge on any atom is -0.444 e. The van der Waals surface area contributed by atoms with Gasteiger partial charge in [-0.2, -0.15) is 0 Å². The van der Waals surface area contributed by atoms with Crippen LogP contribution in [-0.4, -0.2) is 30.2 Å². The van der Waals surface area contributed by atoms with Crippen molar-refractivity contribution in [1.29, 1.82) is 0 Å². The number of nitrogens with zero attached hydrogens (tertiary/aromatic N) is 1. The number of likely N-dealkylation sites (N-methyl/N-ethyl adjacent to an activating group) is 1. The highest BCUT2D eigenvalue weighted by Gasteiger charge is 2.18. The molecule has 0 aliphatic carbocycles. The number of ether oxygens (including phenoxy) is 1. The Morgan fingerprint density at radius 1 is 1.05 bits per heavy atom. The van der Waals surface area contributed by atoms with Crippen LogP contribution in [0.15, 0.2) is 24.3 Å². The maximum Gasteiger partial charge on any atom is 0.410 e. The third-order valence-electron chi connectivity index (χ3n) is 2.94. The predicted octanol–water partition coefficient (Wildman–Crippen LogP) is 5.33. The summed E-state index contributed by atoms with van der Waals surface area (Å²) in [7, 11) is 1.75. The number of carbonyl (C=O) groups excluding carboxylic acids is 1. The number of rotatable bonds is 9. The minimum atomic E-state index is -0.438. The molecular weight excluding hydrogens is 262 g/mol. The van der Waals surface area contributed by atoms with Crippen molar-refractivity contribution in [3.8, 4) is 0 Å². The highest BCUT2D eigenvalue weighted by Crippen LogP contribution is 2.09. The Balaban J connectivity index is 3.73. The first-order valence-electron chi connectivity index (χ1n) is 8.12. The smallest absolute Gasteiger partial charge is 0.410 e. The van der Waals surface area contributed by atoms with Crippen LogP contribution in [0.1, 0.15) is 66.2 Å². The van der Waals surface area contributed by atoms with Crippen molar-refractivity contribution in [1.82, 2.24) is 4.90 Å². The summed E-state index contributed by atoms with van der Waals surface area (Å²) in [5.74, 6) is 0. The molecule has 0 spiro atoms. The molecule has 0 heterocycles. The number of amides is 1. The molecule has 122 valence electrons. The molecule has 3 heteroatoms. The van der Waals surface area contributed by atoms with Crippen molar-refractivity contribution in [2.45, 2.75) is 71.8 Å². The summed E-state index contributed by atoms with van der Waals surface area (Å²) in [6.07, 6.45) is 15.6. The van der Waals surface area contributed by atoms with Gasteiger partial charge < -0.3 is 9.64 Å². The minimum absolute atomic E-state index is 0.285. The van der Waals surface area contributed by atoms with Crippen LogP contribution < -0.4 is 0 Å². The van der Waals surface area contributed by atoms with E-state index in [1.54, 1.807) is 11.9 Å². The van der Waals surface area contributed by atoms with Gasteiger partial charge in [0.25, 0.3) is 0 Å². The number of hydrogen-bond donors (Lipinski definition) is 0. The Morgan fingerprint density at radius 3 is 2.29 bits per heavy atom. The van der Waals surface area contributed by atoms with Gasteiger partial charge in [0, 0.05) is 13.6 Å². The molecule has 0 aliphatic rings. The Kier molecular flexibility index (Phi) is 10.7. The SMILES string of the molecule is CCCCCCCC=CC=CCN(C)C(=O)OC(C)(C)C. The lowest BCUT2D eigenvalue weighted by molar-refractivity contribution is 0.0318. The van der Waals surface area contributed by atoms with E-state index >= 15 is 0 Å². The van der Waals surface area contributed by atoms with E-state index in [0.29, 0.717) is 6.54 Å². The Labute approximate surface area is 131 Å². The zero-order valence-electron chi connectivity index (χ0n) is 14.5. The fourth-order valence-corrected chi connectivity index (χ4v) is 1.75. The summed E-state index contributed by atoms with van der Waals surface area (Å²) in [5.41, 5.74) is -0.438. The fraction of sp³-hybridized carbons (Fsp3) is 0.722. The lowest BCUT2D eigenvalue weighted by Gasteiger charge is -2.23. The summed E-state index contributed by atoms with van der Waals surface area (Å²) in [6.45, 7) is 8.42. The van der Waals surface area contributed by atoms with Crippen molar-refractivity contribution < 1.29 is 9.53 Å². The van der Waals surface area contributed by atoms with E-state index in [2.05, 4.69) is 19.1 Å². The van der Waals surface area contributed by atoms with Gasteiger partial charge in [-0.1, -0.05) is 56.9 Å². The Morgan fingerprint density at radius 2 is 1.67 bits per heavy atom. The summed E-state index contributed by atoms with van der Waals surface area (Å²) in [6, 6.07) is 0. The summed E-state index contributed by atoms with van der Waals surface area (Å²) < 4.78 is 5.28. The Bertz CT molecular complexity index is 327. The molecule has 0 fully saturated rings. The largest absolute Gasteiger partial charge is 0.444 e. The average molecular weight is 295 g/mol. The highest BCUT2D eigenvalue weighted by molar-refractivity contribution is 5.67. The lowest BCUT2D eigenvalue weighted by atomic mass is 10.1. The van der Waals surface area contributed by atoms with Gasteiger partial charge >= 0.3 is 6.09 Å². The van der Waals surface area contributed by atoms with E-state index in [1.165, 1.54) is 32.1 Å². The number of hydrogen-bond acceptors (Lipinski definition) is 2. The van der Waals surface area contributed by atoms with Crippen molar-refractivity contribution in [2.24, 2.45) is 0 Å². The molecule has 0 saturated heterocycles. The topological polar surface area (TPSA) is 29.5 Å². The van der Waals surface area contributed by atoms with Crippen molar-refractivity contribution in [3.63, 3.8) is 0 Å². The third kappa shape index (κ3) is 13.5. The van der Waals surface area contributed by atoms with E-state index in [4.69, 9.17) is 4.74 Å². The second-order valence-electron chi connectivity index (χ2n) is 6.42. The number of unbranched alkanes of at least 4 members (excludes halogenated alkanes) is 5. The first-order chi connectivity index (χ1) is 9.87. The van der Waals surface area contributed by atoms with Crippen molar-refractivity contribution in [2.75, 3.05) is 13.6 Å². The molecule has 0 aromatic carbocycles. The van der Waals surface area contributed by atoms with Gasteiger partial charge in [0.1, 0.15) is 5.60 Å². The molecule has 0 radical (unpaired) electrons. The second kappa shape index (κ2) is 11.4. The van der Waals surface area contributed by atoms with Gasteiger partial charge in [-0.15, -0.1) is 0 Å². The van der Waals surface area contributed by atoms with Crippen LogP contribution >= 0.6 is 0 Å². The molecule has 3 nitrogen and oxygen atoms in total. The zero-order valence-corrected chi connectivity index (χ0v) is 14.5. The summed E-state index contributed by atoms with van der Waals surface area (Å²) in [5, 5.41) is 0. The standard InChI is InChI=1S/C18H33NO2/c1-6-7-8-9-10-11-12-13-14-15-16-19(5)17(20)21-18(2,3)4/h12-15H,6-11,16H2,1-5H3. The maximum absolute atomic E-state index is 11.7. The van der Waals surface area contributed by atoms with Gasteiger partial charge in [-0.05, 0) is 33.6 Å². The molecule has 0 aliphatic heterocycles. The molecule has 0 aromatic heterocycles. The summed E-state index contributed by atoms with van der Waals surface area (Å²) >= 11 is 0. The van der Waals surface area contributed by atoms with E-state index in [9.17, 15) is 4.79 Å². The predicted molar refractivity (Wildman–Crippen MR) is 90.5 cm³/mol. The van der Waals surface area contributed by atoms with E-state index in [1.807, 2.05) is 32.9 Å². The van der Waals surface area contributed by atoms with Crippen LogP contribution in [-0.2, 0) is 4.74 Å². The molecule has 0 aromatic rings. The van der Waals surface area contributed by atoms with E-state index in [0.717, 1.165) is 6.42 Å². The van der Waals surface area contributed by atoms with Crippen LogP contribution in [0.3, 0.4) is 0 Å². The number of allylic oxidation sites excluding steroid dienone is 3. The normalized spacial score (nSPS) is 12.2. The third-order valence-corrected chi connectivity index (χ3v) is 2.94. The average Bonchev–Trinajstić information content (AvgIpc) is 2.38. The maximum atomic E-state index is 11.7. The van der Waals surface area contributed by atoms with Crippen LogP contribution in [0.2, 0.25) is 0 Å². The number of carbonyl (C=O) groups is 1. The lowest BCUT2D eigenvalue weighted by Crippen LogP contribution is -2.34. The van der Waals surface area contributed by atoms with Crippen molar-refractivity contribution in [3.05, 3.63) is 24.3 Å². The second-order valence-corrected chi connectivity index (χ2v) is 6.42. The summed E-state index contributed by atoms with van der Waals surface area (Å²) in [4.78, 5) is 13.3. The van der Waals surface area contributed by atoms with E-state index < -0.39 is 5.60 Å². The van der Waals surface area contributed by atoms with Gasteiger partial charge in [-0.3, -0.25) is 0 Å². The van der Waals surface area contributed by atoms with E-state index in [-0.39, 0.29) is 6.09 Å². The van der Waals surface area contributed by atoms with Crippen LogP contribution in [0.4, 0.5) is 4.79 Å². The molecule has 0 bridgehead atoms. The molecule has 0 N–H and O–H groups in total. The molecule has 0 rings (SSSR count). The van der Waals surface area contributed by atoms with Crippen molar-refractivity contribution >= 4 is 6.09 Å². The molecular formula is C18H33NO2. The van der Waals surface area contributed by atoms with Crippen LogP contribution in [0, 0.1) is 0 Å². The van der Waals surface area contributed by atoms with Gasteiger partial charge in [0.05, 0.1) is 0 Å². The molecule has 1 amide bonds. The molecule has 21 heavy (non-hydrogen) atoms.